The number of ketones is 1. The Bertz CT molecular complexity index is 296. The summed E-state index contributed by atoms with van der Waals surface area (Å²) < 4.78 is 4.71. The van der Waals surface area contributed by atoms with Crippen LogP contribution in [0, 0.1) is 11.3 Å². The van der Waals surface area contributed by atoms with Crippen molar-refractivity contribution in [3.8, 4) is 0 Å². The third kappa shape index (κ3) is 1.67. The van der Waals surface area contributed by atoms with Crippen molar-refractivity contribution >= 4 is 11.8 Å². The Hall–Kier alpha value is -0.900. The van der Waals surface area contributed by atoms with Gasteiger partial charge >= 0.3 is 5.97 Å². The van der Waals surface area contributed by atoms with Gasteiger partial charge in [-0.15, -0.1) is 0 Å². The van der Waals surface area contributed by atoms with Crippen molar-refractivity contribution in [2.45, 2.75) is 19.3 Å². The van der Waals surface area contributed by atoms with Gasteiger partial charge in [0.25, 0.3) is 0 Å². The van der Waals surface area contributed by atoms with E-state index < -0.39 is 5.41 Å². The van der Waals surface area contributed by atoms with E-state index in [0.29, 0.717) is 12.8 Å². The average molecular weight is 211 g/mol. The van der Waals surface area contributed by atoms with Crippen LogP contribution in [0.25, 0.3) is 0 Å². The Morgan fingerprint density at radius 2 is 2.07 bits per heavy atom. The Morgan fingerprint density at radius 1 is 1.40 bits per heavy atom. The minimum atomic E-state index is -0.759. The van der Waals surface area contributed by atoms with Crippen molar-refractivity contribution in [2.24, 2.45) is 11.3 Å². The molecule has 1 aliphatic heterocycles. The molecular weight excluding hydrogens is 194 g/mol. The maximum atomic E-state index is 12.1. The number of hydrogen-bond donors (Lipinski definition) is 0. The van der Waals surface area contributed by atoms with Gasteiger partial charge in [-0.3, -0.25) is 9.59 Å². The van der Waals surface area contributed by atoms with Crippen LogP contribution in [-0.2, 0) is 14.3 Å². The van der Waals surface area contributed by atoms with Crippen molar-refractivity contribution in [1.29, 1.82) is 0 Å². The van der Waals surface area contributed by atoms with E-state index in [1.807, 2.05) is 7.05 Å². The lowest BCUT2D eigenvalue weighted by Gasteiger charge is -2.16. The van der Waals surface area contributed by atoms with E-state index in [-0.39, 0.29) is 17.7 Å². The van der Waals surface area contributed by atoms with E-state index in [2.05, 4.69) is 4.90 Å². The Kier molecular flexibility index (Phi) is 2.54. The summed E-state index contributed by atoms with van der Waals surface area (Å²) in [5.74, 6) is -0.183. The fraction of sp³-hybridized carbons (Fsp3) is 0.818. The van der Waals surface area contributed by atoms with Gasteiger partial charge in [-0.2, -0.15) is 0 Å². The number of esters is 1. The quantitative estimate of drug-likeness (QED) is 0.502. The second-order valence-electron chi connectivity index (χ2n) is 4.69. The van der Waals surface area contributed by atoms with Crippen LogP contribution < -0.4 is 0 Å². The Balaban J connectivity index is 2.05. The van der Waals surface area contributed by atoms with Gasteiger partial charge in [0.2, 0.25) is 0 Å². The summed E-state index contributed by atoms with van der Waals surface area (Å²) in [6.45, 7) is 1.74. The number of carbonyl (C=O) groups excluding carboxylic acids is 2. The topological polar surface area (TPSA) is 46.6 Å². The molecule has 15 heavy (non-hydrogen) atoms. The molecule has 2 rings (SSSR count). The number of Topliss-reactive ketones (excluding diaryl/α,β-unsaturated/α-hetero) is 1. The van der Waals surface area contributed by atoms with Gasteiger partial charge in [0.1, 0.15) is 5.41 Å². The molecule has 0 aromatic rings. The first-order valence-electron chi connectivity index (χ1n) is 5.41. The second kappa shape index (κ2) is 3.59. The molecule has 1 unspecified atom stereocenters. The average Bonchev–Trinajstić information content (AvgIpc) is 2.94. The maximum absolute atomic E-state index is 12.1. The zero-order valence-electron chi connectivity index (χ0n) is 9.28. The molecule has 2 fully saturated rings. The van der Waals surface area contributed by atoms with Gasteiger partial charge in [0.15, 0.2) is 5.78 Å². The van der Waals surface area contributed by atoms with Crippen LogP contribution in [0.2, 0.25) is 0 Å². The van der Waals surface area contributed by atoms with E-state index in [9.17, 15) is 9.59 Å². The molecule has 1 saturated heterocycles. The van der Waals surface area contributed by atoms with E-state index >= 15 is 0 Å². The van der Waals surface area contributed by atoms with Crippen LogP contribution in [0.5, 0.6) is 0 Å². The first kappa shape index (κ1) is 10.6. The smallest absolute Gasteiger partial charge is 0.319 e. The summed E-state index contributed by atoms with van der Waals surface area (Å²) in [7, 11) is 3.36. The lowest BCUT2D eigenvalue weighted by atomic mass is 9.89. The van der Waals surface area contributed by atoms with Crippen LogP contribution in [0.4, 0.5) is 0 Å². The highest BCUT2D eigenvalue weighted by Gasteiger charge is 2.59. The van der Waals surface area contributed by atoms with Crippen molar-refractivity contribution in [3.05, 3.63) is 0 Å². The molecule has 1 saturated carbocycles. The first-order valence-corrected chi connectivity index (χ1v) is 5.41. The predicted molar refractivity (Wildman–Crippen MR) is 54.3 cm³/mol. The molecule has 0 radical (unpaired) electrons. The highest BCUT2D eigenvalue weighted by atomic mass is 16.5. The van der Waals surface area contributed by atoms with Gasteiger partial charge in [-0.25, -0.2) is 0 Å². The van der Waals surface area contributed by atoms with Crippen LogP contribution in [-0.4, -0.2) is 43.9 Å². The van der Waals surface area contributed by atoms with Crippen molar-refractivity contribution in [2.75, 3.05) is 27.2 Å². The summed E-state index contributed by atoms with van der Waals surface area (Å²) in [4.78, 5) is 25.8. The molecule has 0 spiro atoms. The lowest BCUT2D eigenvalue weighted by molar-refractivity contribution is -0.152. The van der Waals surface area contributed by atoms with Gasteiger partial charge in [0, 0.05) is 12.5 Å². The Labute approximate surface area is 89.6 Å². The minimum absolute atomic E-state index is 0.0385. The van der Waals surface area contributed by atoms with E-state index in [4.69, 9.17) is 4.74 Å². The number of methoxy groups -OCH3 is 1. The van der Waals surface area contributed by atoms with Gasteiger partial charge in [0.05, 0.1) is 7.11 Å². The third-order valence-electron chi connectivity index (χ3n) is 3.56. The molecule has 4 heteroatoms. The van der Waals surface area contributed by atoms with Crippen LogP contribution in [0.15, 0.2) is 0 Å². The number of carbonyl (C=O) groups is 2. The molecule has 0 aromatic carbocycles. The maximum Gasteiger partial charge on any atom is 0.319 e. The monoisotopic (exact) mass is 211 g/mol. The zero-order valence-corrected chi connectivity index (χ0v) is 9.28. The fourth-order valence-corrected chi connectivity index (χ4v) is 2.41. The highest BCUT2D eigenvalue weighted by molar-refractivity contribution is 6.07. The first-order chi connectivity index (χ1) is 7.10. The summed E-state index contributed by atoms with van der Waals surface area (Å²) in [5.41, 5.74) is -0.759. The normalized spacial score (nSPS) is 28.8. The third-order valence-corrected chi connectivity index (χ3v) is 3.56. The molecule has 0 amide bonds. The summed E-state index contributed by atoms with van der Waals surface area (Å²) in [5, 5.41) is 0. The second-order valence-corrected chi connectivity index (χ2v) is 4.69. The minimum Gasteiger partial charge on any atom is -0.468 e. The van der Waals surface area contributed by atoms with Crippen molar-refractivity contribution in [1.82, 2.24) is 4.90 Å². The molecule has 1 aliphatic carbocycles. The summed E-state index contributed by atoms with van der Waals surface area (Å²) >= 11 is 0. The van der Waals surface area contributed by atoms with Crippen LogP contribution >= 0.6 is 0 Å². The zero-order chi connectivity index (χ0) is 11.1. The molecular formula is C11H17NO3. The standard InChI is InChI=1S/C11H17NO3/c1-12-6-3-8(7-12)9(13)11(4-5-11)10(14)15-2/h8H,3-7H2,1-2H3. The van der Waals surface area contributed by atoms with Gasteiger partial charge < -0.3 is 9.64 Å². The number of rotatable bonds is 3. The van der Waals surface area contributed by atoms with Gasteiger partial charge in [-0.05, 0) is 32.9 Å². The number of nitrogens with zero attached hydrogens (tertiary/aromatic N) is 1. The molecule has 4 nitrogen and oxygen atoms in total. The molecule has 0 aromatic heterocycles. The van der Waals surface area contributed by atoms with E-state index in [1.54, 1.807) is 0 Å². The molecule has 1 heterocycles. The van der Waals surface area contributed by atoms with E-state index in [1.165, 1.54) is 7.11 Å². The number of likely N-dealkylation sites (tertiary alicyclic amines) is 1. The Morgan fingerprint density at radius 3 is 2.47 bits per heavy atom. The van der Waals surface area contributed by atoms with Crippen LogP contribution in [0.3, 0.4) is 0 Å². The van der Waals surface area contributed by atoms with Gasteiger partial charge in [-0.1, -0.05) is 0 Å². The molecule has 84 valence electrons. The summed E-state index contributed by atoms with van der Waals surface area (Å²) in [6.07, 6.45) is 2.24. The SMILES string of the molecule is COC(=O)C1(C(=O)C2CCN(C)C2)CC1. The van der Waals surface area contributed by atoms with Crippen molar-refractivity contribution in [3.63, 3.8) is 0 Å². The number of hydrogen-bond acceptors (Lipinski definition) is 4. The highest BCUT2D eigenvalue weighted by Crippen LogP contribution is 2.50. The summed E-state index contributed by atoms with van der Waals surface area (Å²) in [6, 6.07) is 0. The largest absolute Gasteiger partial charge is 0.468 e. The molecule has 0 N–H and O–H groups in total. The van der Waals surface area contributed by atoms with Crippen LogP contribution in [0.1, 0.15) is 19.3 Å². The van der Waals surface area contributed by atoms with Crippen molar-refractivity contribution < 1.29 is 14.3 Å². The molecule has 1 atom stereocenters. The lowest BCUT2D eigenvalue weighted by Crippen LogP contribution is -2.33. The number of ether oxygens (including phenoxy) is 1. The molecule has 2 aliphatic rings. The fourth-order valence-electron chi connectivity index (χ4n) is 2.41. The molecule has 0 bridgehead atoms. The predicted octanol–water partition coefficient (Wildman–Crippen LogP) is 0.460. The van der Waals surface area contributed by atoms with E-state index in [0.717, 1.165) is 19.5 Å².